The highest BCUT2D eigenvalue weighted by atomic mass is 16.6. The molecule has 0 saturated heterocycles. The summed E-state index contributed by atoms with van der Waals surface area (Å²) in [7, 11) is 4.97. The topological polar surface area (TPSA) is 255 Å². The van der Waals surface area contributed by atoms with E-state index in [9.17, 15) is 43.8 Å². The summed E-state index contributed by atoms with van der Waals surface area (Å²) in [5.74, 6) is -5.58. The maximum absolute atomic E-state index is 15.0. The van der Waals surface area contributed by atoms with Crippen molar-refractivity contribution in [2.24, 2.45) is 23.8 Å². The molecule has 0 unspecified atom stereocenters. The van der Waals surface area contributed by atoms with Gasteiger partial charge in [-0.15, -0.1) is 0 Å². The predicted molar refractivity (Wildman–Crippen MR) is 294 cm³/mol. The number of nitrogens with zero attached hydrogens (tertiary/aromatic N) is 3. The number of aliphatic carboxylic acids is 2. The number of carbonyl (C=O) groups is 8. The molecule has 6 amide bonds. The Bertz CT molecular complexity index is 2450. The third-order valence-electron chi connectivity index (χ3n) is 14.0. The van der Waals surface area contributed by atoms with Crippen molar-refractivity contribution in [1.29, 1.82) is 0 Å². The van der Waals surface area contributed by atoms with E-state index in [1.54, 1.807) is 103 Å². The summed E-state index contributed by atoms with van der Waals surface area (Å²) in [6.45, 7) is 31.5. The second kappa shape index (κ2) is 25.3. The van der Waals surface area contributed by atoms with Gasteiger partial charge >= 0.3 is 24.1 Å². The van der Waals surface area contributed by atoms with E-state index in [1.165, 1.54) is 23.8 Å². The molecule has 0 aliphatic rings. The molecule has 0 aliphatic carbocycles. The Kier molecular flexibility index (Phi) is 22.0. The predicted octanol–water partition coefficient (Wildman–Crippen LogP) is 8.46. The highest BCUT2D eigenvalue weighted by molar-refractivity contribution is 5.98. The number of aryl methyl sites for hydroxylation is 1. The molecule has 0 bridgehead atoms. The van der Waals surface area contributed by atoms with Crippen molar-refractivity contribution >= 4 is 58.7 Å². The largest absolute Gasteiger partial charge is 0.480 e. The van der Waals surface area contributed by atoms with Crippen molar-refractivity contribution in [3.8, 4) is 0 Å². The second-order valence-electron chi connectivity index (χ2n) is 25.3. The van der Waals surface area contributed by atoms with Gasteiger partial charge in [-0.3, -0.25) is 24.1 Å². The number of fused-ring (bicyclic) bond motifs is 1. The Morgan fingerprint density at radius 3 is 1.82 bits per heavy atom. The first-order chi connectivity index (χ1) is 34.5. The fourth-order valence-electron chi connectivity index (χ4n) is 9.44. The minimum atomic E-state index is -1.95. The number of carboxylic acids is 2. The van der Waals surface area contributed by atoms with Gasteiger partial charge in [0.15, 0.2) is 0 Å². The maximum Gasteiger partial charge on any atom is 0.410 e. The number of hydrogen-bond acceptors (Lipinski definition) is 10. The monoisotopic (exact) mass is 1070 g/mol. The molecule has 428 valence electrons. The fourth-order valence-corrected chi connectivity index (χ4v) is 9.44. The van der Waals surface area contributed by atoms with Crippen molar-refractivity contribution in [1.82, 2.24) is 35.6 Å². The van der Waals surface area contributed by atoms with Crippen molar-refractivity contribution in [2.45, 2.75) is 209 Å². The zero-order valence-electron chi connectivity index (χ0n) is 49.5. The van der Waals surface area contributed by atoms with Crippen LogP contribution in [0, 0.1) is 16.7 Å². The first-order valence-corrected chi connectivity index (χ1v) is 26.3. The van der Waals surface area contributed by atoms with Crippen molar-refractivity contribution < 1.29 is 58.0 Å². The SMILES string of the molecule is CC[C@](CCC(=O)N[C@@](CCCCNC(=O)OC(C)(C)C)(C(=O)O)C(C)(C)C)(NC(=O)/C(C)=C/[C@H](C(C)C)N(C)C(=O)[C@@H](NC(=O)[C@@H](N(C)C(=O)OC(C)(C)C)C(C)(C)c1cn(C)c2ccccc12)C(C)(C)C)C(=O)O. The fraction of sp³-hybridized carbons (Fsp3) is 0.684. The minimum absolute atomic E-state index is 0.000974. The van der Waals surface area contributed by atoms with Crippen LogP contribution in [0.1, 0.15) is 169 Å². The van der Waals surface area contributed by atoms with Crippen LogP contribution in [-0.2, 0) is 50.7 Å². The number of para-hydroxylation sites is 1. The molecule has 19 nitrogen and oxygen atoms in total. The molecule has 0 aliphatic heterocycles. The summed E-state index contributed by atoms with van der Waals surface area (Å²) in [6.07, 6.45) is 1.87. The van der Waals surface area contributed by atoms with Crippen LogP contribution in [0.3, 0.4) is 0 Å². The average Bonchev–Trinajstić information content (AvgIpc) is 3.62. The van der Waals surface area contributed by atoms with Crippen LogP contribution >= 0.6 is 0 Å². The number of amides is 6. The van der Waals surface area contributed by atoms with Gasteiger partial charge in [0.25, 0.3) is 0 Å². The lowest BCUT2D eigenvalue weighted by molar-refractivity contribution is -0.154. The second-order valence-corrected chi connectivity index (χ2v) is 25.3. The summed E-state index contributed by atoms with van der Waals surface area (Å²) in [5, 5.41) is 33.1. The summed E-state index contributed by atoms with van der Waals surface area (Å²) < 4.78 is 13.0. The van der Waals surface area contributed by atoms with Crippen molar-refractivity contribution in [3.63, 3.8) is 0 Å². The Balaban J connectivity index is 2.47. The molecular weight excluding hydrogens is 975 g/mol. The number of unbranched alkanes of at least 4 members (excludes halogenated alkanes) is 1. The average molecular weight is 1070 g/mol. The van der Waals surface area contributed by atoms with E-state index in [0.29, 0.717) is 12.8 Å². The minimum Gasteiger partial charge on any atom is -0.480 e. The number of ether oxygens (including phenoxy) is 2. The molecular formula is C57H93N7O12. The number of aromatic nitrogens is 1. The van der Waals surface area contributed by atoms with Gasteiger partial charge in [0.2, 0.25) is 23.6 Å². The Labute approximate surface area is 452 Å². The smallest absolute Gasteiger partial charge is 0.410 e. The highest BCUT2D eigenvalue weighted by Crippen LogP contribution is 2.38. The number of nitrogens with one attached hydrogen (secondary N) is 4. The normalized spacial score (nSPS) is 15.5. The molecule has 76 heavy (non-hydrogen) atoms. The molecule has 1 aromatic heterocycles. The standard InChI is InChI=1S/C57H93N7O12/c1-22-56(47(69)70,31-29-41(65)60-57(48(71)72,52(8,9)10)30-25-26-32-58-49(73)75-53(11,12)13)61-44(66)36(4)33-40(35(2)3)63(20)46(68)42(51(5,6)7)59-45(67)43(64(21)50(74)76-54(14,15)16)55(17,18)38-34-62(19)39-28-24-23-27-37(38)39/h23-24,27-28,33-35,40,42-43H,22,25-26,29-32H2,1-21H3,(H,58,73)(H,59,67)(H,60,65)(H,61,66)(H,69,70)(H,71,72)/b36-33+/t40-,42-,43-,56-,57+/m1/s1. The first kappa shape index (κ1) is 66.0. The zero-order chi connectivity index (χ0) is 58.9. The van der Waals surface area contributed by atoms with E-state index in [1.807, 2.05) is 69.8 Å². The molecule has 0 fully saturated rings. The summed E-state index contributed by atoms with van der Waals surface area (Å²) in [4.78, 5) is 112. The third kappa shape index (κ3) is 16.9. The Morgan fingerprint density at radius 2 is 1.33 bits per heavy atom. The molecule has 2 rings (SSSR count). The van der Waals surface area contributed by atoms with E-state index >= 15 is 4.79 Å². The highest BCUT2D eigenvalue weighted by Gasteiger charge is 2.51. The molecule has 19 heteroatoms. The van der Waals surface area contributed by atoms with Crippen LogP contribution in [0.4, 0.5) is 9.59 Å². The Morgan fingerprint density at radius 1 is 0.763 bits per heavy atom. The van der Waals surface area contributed by atoms with Crippen molar-refractivity contribution in [2.75, 3.05) is 20.6 Å². The summed E-state index contributed by atoms with van der Waals surface area (Å²) in [5.41, 5.74) is -6.44. The van der Waals surface area contributed by atoms with Gasteiger partial charge in [0.1, 0.15) is 34.4 Å². The van der Waals surface area contributed by atoms with Crippen LogP contribution < -0.4 is 21.3 Å². The van der Waals surface area contributed by atoms with E-state index in [-0.39, 0.29) is 37.3 Å². The molecule has 1 aromatic carbocycles. The quantitative estimate of drug-likeness (QED) is 0.0453. The number of carbonyl (C=O) groups excluding carboxylic acids is 6. The van der Waals surface area contributed by atoms with Crippen LogP contribution in [0.5, 0.6) is 0 Å². The lowest BCUT2D eigenvalue weighted by Gasteiger charge is -2.42. The maximum atomic E-state index is 15.0. The number of carboxylic acid groups (broad SMARTS) is 2. The number of hydrogen-bond donors (Lipinski definition) is 6. The summed E-state index contributed by atoms with van der Waals surface area (Å²) in [6, 6.07) is 4.65. The van der Waals surface area contributed by atoms with E-state index in [0.717, 1.165) is 16.5 Å². The third-order valence-corrected chi connectivity index (χ3v) is 14.0. The van der Waals surface area contributed by atoms with Gasteiger partial charge in [0, 0.05) is 62.2 Å². The molecule has 0 saturated carbocycles. The van der Waals surface area contributed by atoms with E-state index in [2.05, 4.69) is 21.3 Å². The number of benzene rings is 1. The van der Waals surface area contributed by atoms with Crippen LogP contribution in [0.15, 0.2) is 42.1 Å². The van der Waals surface area contributed by atoms with Gasteiger partial charge in [-0.2, -0.15) is 0 Å². The zero-order valence-corrected chi connectivity index (χ0v) is 49.5. The van der Waals surface area contributed by atoms with Crippen LogP contribution in [0.2, 0.25) is 0 Å². The van der Waals surface area contributed by atoms with Crippen LogP contribution in [0.25, 0.3) is 10.9 Å². The number of rotatable bonds is 23. The van der Waals surface area contributed by atoms with Gasteiger partial charge < -0.3 is 50.4 Å². The molecule has 0 spiro atoms. The Hall–Kier alpha value is -6.14. The van der Waals surface area contributed by atoms with Gasteiger partial charge in [-0.1, -0.05) is 100 Å². The lowest BCUT2D eigenvalue weighted by Crippen LogP contribution is -2.63. The van der Waals surface area contributed by atoms with Crippen LogP contribution in [-0.4, -0.2) is 133 Å². The molecule has 0 radical (unpaired) electrons. The van der Waals surface area contributed by atoms with E-state index in [4.69, 9.17) is 9.47 Å². The van der Waals surface area contributed by atoms with Gasteiger partial charge in [-0.25, -0.2) is 19.2 Å². The van der Waals surface area contributed by atoms with Gasteiger partial charge in [0.05, 0.1) is 6.04 Å². The summed E-state index contributed by atoms with van der Waals surface area (Å²) >= 11 is 0. The number of likely N-dealkylation sites (N-methyl/N-ethyl adjacent to an activating group) is 2. The molecule has 5 atom stereocenters. The van der Waals surface area contributed by atoms with Gasteiger partial charge in [-0.05, 0) is 109 Å². The molecule has 2 aromatic rings. The lowest BCUT2D eigenvalue weighted by atomic mass is 9.70. The number of alkyl carbamates (subject to hydrolysis) is 1. The first-order valence-electron chi connectivity index (χ1n) is 26.3. The molecule has 6 N–H and O–H groups in total. The molecule has 1 heterocycles. The van der Waals surface area contributed by atoms with Crippen molar-refractivity contribution in [3.05, 3.63) is 47.7 Å². The van der Waals surface area contributed by atoms with E-state index < -0.39 is 111 Å².